The summed E-state index contributed by atoms with van der Waals surface area (Å²) in [5, 5.41) is 27.4. The summed E-state index contributed by atoms with van der Waals surface area (Å²) in [4.78, 5) is 24.7. The second kappa shape index (κ2) is 9.98. The monoisotopic (exact) mass is 592 g/mol. The highest BCUT2D eigenvalue weighted by molar-refractivity contribution is 14.1. The van der Waals surface area contributed by atoms with Crippen LogP contribution in [-0.4, -0.2) is 41.0 Å². The first kappa shape index (κ1) is 23.8. The molecule has 1 saturated carbocycles. The van der Waals surface area contributed by atoms with Crippen LogP contribution in [0.15, 0.2) is 48.7 Å². The zero-order valence-electron chi connectivity index (χ0n) is 19.0. The highest BCUT2D eigenvalue weighted by Gasteiger charge is 2.31. The highest BCUT2D eigenvalue weighted by atomic mass is 127. The Hall–Kier alpha value is -3.92. The van der Waals surface area contributed by atoms with Crippen molar-refractivity contribution >= 4 is 34.5 Å². The number of nitriles is 1. The Bertz CT molecular complexity index is 1500. The summed E-state index contributed by atoms with van der Waals surface area (Å²) in [5.41, 5.74) is 10.5. The van der Waals surface area contributed by atoms with E-state index in [1.165, 1.54) is 0 Å². The molecule has 1 aromatic carbocycles. The van der Waals surface area contributed by atoms with Gasteiger partial charge < -0.3 is 10.8 Å². The first-order valence-corrected chi connectivity index (χ1v) is 12.4. The first-order valence-electron chi connectivity index (χ1n) is 11.3. The van der Waals surface area contributed by atoms with Gasteiger partial charge in [-0.1, -0.05) is 23.4 Å². The number of nitrogen functional groups attached to an aromatic ring is 1. The van der Waals surface area contributed by atoms with E-state index in [-0.39, 0.29) is 17.8 Å². The molecule has 0 radical (unpaired) electrons. The van der Waals surface area contributed by atoms with Gasteiger partial charge in [-0.2, -0.15) is 5.26 Å². The molecule has 1 aliphatic rings. The fourth-order valence-corrected chi connectivity index (χ4v) is 5.15. The van der Waals surface area contributed by atoms with Gasteiger partial charge in [0.25, 0.3) is 0 Å². The van der Waals surface area contributed by atoms with Crippen molar-refractivity contribution in [3.05, 3.63) is 69.2 Å². The second-order valence-electron chi connectivity index (χ2n) is 8.67. The van der Waals surface area contributed by atoms with Crippen LogP contribution in [0, 0.1) is 20.8 Å². The van der Waals surface area contributed by atoms with Crippen LogP contribution < -0.4 is 5.73 Å². The van der Waals surface area contributed by atoms with E-state index in [1.54, 1.807) is 16.9 Å². The normalized spacial score (nSPS) is 17.1. The van der Waals surface area contributed by atoms with Crippen LogP contribution >= 0.6 is 22.6 Å². The lowest BCUT2D eigenvalue weighted by molar-refractivity contribution is -0.141. The Morgan fingerprint density at radius 2 is 1.94 bits per heavy atom. The maximum Gasteiger partial charge on any atom is 0.306 e. The number of benzene rings is 1. The molecule has 36 heavy (non-hydrogen) atoms. The van der Waals surface area contributed by atoms with E-state index < -0.39 is 5.97 Å². The number of nitrogens with two attached hydrogens (primary N) is 1. The predicted molar refractivity (Wildman–Crippen MR) is 139 cm³/mol. The van der Waals surface area contributed by atoms with Gasteiger partial charge in [0.15, 0.2) is 0 Å². The lowest BCUT2D eigenvalue weighted by atomic mass is 10.0. The highest BCUT2D eigenvalue weighted by Crippen LogP contribution is 2.37. The van der Waals surface area contributed by atoms with Crippen LogP contribution in [0.3, 0.4) is 0 Å². The molecule has 5 rings (SSSR count). The van der Waals surface area contributed by atoms with E-state index in [1.807, 2.05) is 36.4 Å². The molecule has 180 valence electrons. The van der Waals surface area contributed by atoms with E-state index in [2.05, 4.69) is 48.9 Å². The number of nitrogens with zero attached hydrogens (tertiary/aromatic N) is 7. The van der Waals surface area contributed by atoms with Gasteiger partial charge in [0.05, 0.1) is 41.3 Å². The average molecular weight is 592 g/mol. The third kappa shape index (κ3) is 4.90. The molecule has 1 aliphatic carbocycles. The van der Waals surface area contributed by atoms with Crippen LogP contribution in [0.1, 0.15) is 42.1 Å². The molecule has 0 spiro atoms. The van der Waals surface area contributed by atoms with Crippen molar-refractivity contribution in [2.45, 2.75) is 31.7 Å². The fraction of sp³-hybridized carbons (Fsp3) is 0.240. The minimum absolute atomic E-state index is 0.0744. The molecule has 4 aromatic rings. The van der Waals surface area contributed by atoms with E-state index in [0.717, 1.165) is 21.4 Å². The van der Waals surface area contributed by atoms with Crippen LogP contribution in [0.2, 0.25) is 0 Å². The quantitative estimate of drug-likeness (QED) is 0.317. The molecule has 0 amide bonds. The van der Waals surface area contributed by atoms with E-state index in [9.17, 15) is 15.2 Å². The molecule has 0 aliphatic heterocycles. The van der Waals surface area contributed by atoms with E-state index >= 15 is 0 Å². The molecule has 11 heteroatoms. The van der Waals surface area contributed by atoms with Gasteiger partial charge in [0.1, 0.15) is 11.8 Å². The van der Waals surface area contributed by atoms with Gasteiger partial charge in [-0.05, 0) is 66.1 Å². The maximum atomic E-state index is 11.3. The Labute approximate surface area is 220 Å². The summed E-state index contributed by atoms with van der Waals surface area (Å²) in [6, 6.07) is 15.3. The molecule has 3 aromatic heterocycles. The number of carbonyl (C=O) groups is 1. The van der Waals surface area contributed by atoms with Gasteiger partial charge >= 0.3 is 5.97 Å². The second-order valence-corrected chi connectivity index (χ2v) is 9.83. The minimum atomic E-state index is -0.733. The lowest BCUT2D eigenvalue weighted by Gasteiger charge is -2.10. The van der Waals surface area contributed by atoms with Crippen molar-refractivity contribution in [3.8, 4) is 28.7 Å². The summed E-state index contributed by atoms with van der Waals surface area (Å²) in [5.74, 6) is -0.806. The molecule has 3 heterocycles. The molecule has 3 N–H and O–H groups in total. The van der Waals surface area contributed by atoms with Crippen molar-refractivity contribution in [1.82, 2.24) is 29.9 Å². The Morgan fingerprint density at radius 3 is 2.72 bits per heavy atom. The number of hydrogen-bond donors (Lipinski definition) is 2. The van der Waals surface area contributed by atoms with Gasteiger partial charge in [-0.3, -0.25) is 9.78 Å². The van der Waals surface area contributed by atoms with Crippen molar-refractivity contribution in [3.63, 3.8) is 0 Å². The molecule has 10 nitrogen and oxygen atoms in total. The Morgan fingerprint density at radius 1 is 1.14 bits per heavy atom. The van der Waals surface area contributed by atoms with Gasteiger partial charge in [0, 0.05) is 20.7 Å². The summed E-state index contributed by atoms with van der Waals surface area (Å²) in [6.07, 6.45) is 3.88. The number of rotatable bonds is 6. The fourth-order valence-electron chi connectivity index (χ4n) is 4.53. The zero-order valence-corrected chi connectivity index (χ0v) is 21.2. The summed E-state index contributed by atoms with van der Waals surface area (Å²) in [7, 11) is 0. The number of aliphatic carboxylic acids is 1. The average Bonchev–Trinajstić information content (AvgIpc) is 3.54. The van der Waals surface area contributed by atoms with Crippen LogP contribution in [-0.2, 0) is 11.3 Å². The third-order valence-corrected chi connectivity index (χ3v) is 7.20. The number of halogens is 1. The van der Waals surface area contributed by atoms with Crippen LogP contribution in [0.5, 0.6) is 0 Å². The van der Waals surface area contributed by atoms with E-state index in [0.29, 0.717) is 47.6 Å². The molecule has 2 atom stereocenters. The first-order chi connectivity index (χ1) is 17.4. The number of carboxylic acids is 1. The Kier molecular flexibility index (Phi) is 6.60. The topological polar surface area (TPSA) is 156 Å². The summed E-state index contributed by atoms with van der Waals surface area (Å²) < 4.78 is 2.49. The largest absolute Gasteiger partial charge is 0.481 e. The predicted octanol–water partition coefficient (Wildman–Crippen LogP) is 3.87. The number of hydrogen-bond acceptors (Lipinski definition) is 8. The maximum absolute atomic E-state index is 11.3. The molecule has 2 unspecified atom stereocenters. The minimum Gasteiger partial charge on any atom is -0.481 e. The Balaban J connectivity index is 1.38. The molecular formula is C25H21IN8O2. The van der Waals surface area contributed by atoms with Gasteiger partial charge in [-0.15, -0.1) is 5.10 Å². The summed E-state index contributed by atoms with van der Waals surface area (Å²) in [6.45, 7) is 0.402. The van der Waals surface area contributed by atoms with Gasteiger partial charge in [-0.25, -0.2) is 14.6 Å². The lowest BCUT2D eigenvalue weighted by Crippen LogP contribution is -2.10. The third-order valence-electron chi connectivity index (χ3n) is 6.30. The number of anilines is 1. The van der Waals surface area contributed by atoms with Crippen molar-refractivity contribution < 1.29 is 9.90 Å². The van der Waals surface area contributed by atoms with Crippen molar-refractivity contribution in [2.75, 3.05) is 5.73 Å². The van der Waals surface area contributed by atoms with Gasteiger partial charge in [0.2, 0.25) is 5.95 Å². The molecule has 1 fully saturated rings. The number of aromatic nitrogens is 6. The smallest absolute Gasteiger partial charge is 0.306 e. The SMILES string of the molecule is N#Cc1c(I)cccc1-c1cc(-c2cn(Cc3cccc(C4CCC(C(=O)O)C4)n3)nn2)nc(N)n1. The number of pyridine rings is 1. The zero-order chi connectivity index (χ0) is 25.2. The molecule has 0 bridgehead atoms. The molecule has 0 saturated heterocycles. The van der Waals surface area contributed by atoms with Crippen LogP contribution in [0.25, 0.3) is 22.6 Å². The van der Waals surface area contributed by atoms with Crippen molar-refractivity contribution in [1.29, 1.82) is 5.26 Å². The van der Waals surface area contributed by atoms with Crippen molar-refractivity contribution in [2.24, 2.45) is 5.92 Å². The molecular weight excluding hydrogens is 571 g/mol. The summed E-state index contributed by atoms with van der Waals surface area (Å²) >= 11 is 2.12. The standard InChI is InChI=1S/C25H21IN8O2/c26-19-5-2-4-17(18(19)11-27)21-10-22(31-25(28)30-21)23-13-34(33-32-23)12-16-3-1-6-20(29-16)14-7-8-15(9-14)24(35)36/h1-6,10,13-15H,7-9,12H2,(H,35,36)(H2,28,30,31). The van der Waals surface area contributed by atoms with Crippen LogP contribution in [0.4, 0.5) is 5.95 Å². The number of carboxylic acid groups (broad SMARTS) is 1. The van der Waals surface area contributed by atoms with E-state index in [4.69, 9.17) is 10.7 Å².